The van der Waals surface area contributed by atoms with E-state index in [1.54, 1.807) is 13.1 Å². The first-order chi connectivity index (χ1) is 13.6. The third kappa shape index (κ3) is 4.07. The predicted molar refractivity (Wildman–Crippen MR) is 103 cm³/mol. The highest BCUT2D eigenvalue weighted by molar-refractivity contribution is 5.73. The standard InChI is InChI=1S/C20H22N6O2/c1-14-21-7-6-18(22-14)16-4-3-5-17(12-16)20-23-19(28-24-20)13-25-8-10-26(11-9-25)15(2)27/h3-7,12H,8-11,13H2,1-2H3. The summed E-state index contributed by atoms with van der Waals surface area (Å²) in [6.07, 6.45) is 1.75. The van der Waals surface area contributed by atoms with E-state index in [2.05, 4.69) is 25.0 Å². The maximum atomic E-state index is 11.4. The highest BCUT2D eigenvalue weighted by atomic mass is 16.5. The van der Waals surface area contributed by atoms with Crippen molar-refractivity contribution in [3.05, 3.63) is 48.2 Å². The van der Waals surface area contributed by atoms with E-state index in [0.717, 1.165) is 48.8 Å². The molecular formula is C20H22N6O2. The zero-order chi connectivity index (χ0) is 19.5. The van der Waals surface area contributed by atoms with Crippen LogP contribution in [0.4, 0.5) is 0 Å². The van der Waals surface area contributed by atoms with E-state index < -0.39 is 0 Å². The molecule has 0 spiro atoms. The lowest BCUT2D eigenvalue weighted by atomic mass is 10.1. The number of piperazine rings is 1. The van der Waals surface area contributed by atoms with E-state index in [1.807, 2.05) is 42.2 Å². The van der Waals surface area contributed by atoms with Gasteiger partial charge in [-0.3, -0.25) is 9.69 Å². The molecule has 8 nitrogen and oxygen atoms in total. The van der Waals surface area contributed by atoms with Crippen LogP contribution < -0.4 is 0 Å². The molecule has 0 saturated carbocycles. The Labute approximate surface area is 163 Å². The number of rotatable bonds is 4. The molecule has 144 valence electrons. The third-order valence-corrected chi connectivity index (χ3v) is 4.84. The predicted octanol–water partition coefficient (Wildman–Crippen LogP) is 2.17. The molecule has 0 atom stereocenters. The molecule has 1 aliphatic rings. The van der Waals surface area contributed by atoms with Crippen molar-refractivity contribution in [1.29, 1.82) is 0 Å². The lowest BCUT2D eigenvalue weighted by Crippen LogP contribution is -2.47. The van der Waals surface area contributed by atoms with Crippen LogP contribution in [0.25, 0.3) is 22.6 Å². The molecule has 4 rings (SSSR count). The Morgan fingerprint density at radius 1 is 1.11 bits per heavy atom. The number of carbonyl (C=O) groups excluding carboxylic acids is 1. The zero-order valence-corrected chi connectivity index (χ0v) is 16.0. The highest BCUT2D eigenvalue weighted by Crippen LogP contribution is 2.23. The van der Waals surface area contributed by atoms with Crippen LogP contribution in [-0.4, -0.2) is 62.0 Å². The Morgan fingerprint density at radius 3 is 2.64 bits per heavy atom. The van der Waals surface area contributed by atoms with Crippen molar-refractivity contribution < 1.29 is 9.32 Å². The van der Waals surface area contributed by atoms with E-state index in [0.29, 0.717) is 18.3 Å². The van der Waals surface area contributed by atoms with Crippen molar-refractivity contribution in [3.8, 4) is 22.6 Å². The van der Waals surface area contributed by atoms with Crippen LogP contribution in [0, 0.1) is 6.92 Å². The van der Waals surface area contributed by atoms with Gasteiger partial charge in [-0.05, 0) is 19.1 Å². The molecule has 8 heteroatoms. The molecule has 28 heavy (non-hydrogen) atoms. The molecule has 0 unspecified atom stereocenters. The van der Waals surface area contributed by atoms with Crippen LogP contribution in [0.3, 0.4) is 0 Å². The lowest BCUT2D eigenvalue weighted by molar-refractivity contribution is -0.130. The van der Waals surface area contributed by atoms with Gasteiger partial charge in [0.25, 0.3) is 0 Å². The minimum absolute atomic E-state index is 0.124. The quantitative estimate of drug-likeness (QED) is 0.687. The smallest absolute Gasteiger partial charge is 0.241 e. The summed E-state index contributed by atoms with van der Waals surface area (Å²) < 4.78 is 5.45. The Bertz CT molecular complexity index is 978. The van der Waals surface area contributed by atoms with Crippen LogP contribution in [0.2, 0.25) is 0 Å². The number of nitrogens with zero attached hydrogens (tertiary/aromatic N) is 6. The van der Waals surface area contributed by atoms with Gasteiger partial charge in [0, 0.05) is 50.4 Å². The van der Waals surface area contributed by atoms with E-state index in [9.17, 15) is 4.79 Å². The molecule has 1 aromatic carbocycles. The molecule has 0 aliphatic carbocycles. The molecule has 3 heterocycles. The minimum Gasteiger partial charge on any atom is -0.340 e. The number of amides is 1. The van der Waals surface area contributed by atoms with Crippen LogP contribution >= 0.6 is 0 Å². The van der Waals surface area contributed by atoms with Gasteiger partial charge >= 0.3 is 0 Å². The molecule has 0 radical (unpaired) electrons. The Kier molecular flexibility index (Phi) is 5.12. The average Bonchev–Trinajstić information content (AvgIpc) is 3.17. The number of hydrogen-bond acceptors (Lipinski definition) is 7. The fraction of sp³-hybridized carbons (Fsp3) is 0.350. The van der Waals surface area contributed by atoms with Crippen molar-refractivity contribution >= 4 is 5.91 Å². The van der Waals surface area contributed by atoms with Crippen LogP contribution in [0.1, 0.15) is 18.6 Å². The van der Waals surface area contributed by atoms with Crippen LogP contribution in [0.15, 0.2) is 41.1 Å². The summed E-state index contributed by atoms with van der Waals surface area (Å²) in [5.74, 6) is 1.99. The summed E-state index contributed by atoms with van der Waals surface area (Å²) >= 11 is 0. The fourth-order valence-corrected chi connectivity index (χ4v) is 3.28. The van der Waals surface area contributed by atoms with Gasteiger partial charge in [0.05, 0.1) is 12.2 Å². The minimum atomic E-state index is 0.124. The van der Waals surface area contributed by atoms with Crippen molar-refractivity contribution in [3.63, 3.8) is 0 Å². The van der Waals surface area contributed by atoms with Gasteiger partial charge in [0.1, 0.15) is 5.82 Å². The van der Waals surface area contributed by atoms with Crippen molar-refractivity contribution in [2.45, 2.75) is 20.4 Å². The van der Waals surface area contributed by atoms with Gasteiger partial charge in [-0.2, -0.15) is 4.98 Å². The maximum Gasteiger partial charge on any atom is 0.241 e. The van der Waals surface area contributed by atoms with Crippen molar-refractivity contribution in [2.24, 2.45) is 0 Å². The van der Waals surface area contributed by atoms with Gasteiger partial charge in [-0.15, -0.1) is 0 Å². The lowest BCUT2D eigenvalue weighted by Gasteiger charge is -2.33. The molecule has 3 aromatic rings. The highest BCUT2D eigenvalue weighted by Gasteiger charge is 2.20. The first-order valence-corrected chi connectivity index (χ1v) is 9.29. The Hall–Kier alpha value is -3.13. The summed E-state index contributed by atoms with van der Waals surface area (Å²) in [5, 5.41) is 4.14. The van der Waals surface area contributed by atoms with Gasteiger partial charge < -0.3 is 9.42 Å². The summed E-state index contributed by atoms with van der Waals surface area (Å²) in [7, 11) is 0. The summed E-state index contributed by atoms with van der Waals surface area (Å²) in [5.41, 5.74) is 2.72. The van der Waals surface area contributed by atoms with Crippen LogP contribution in [-0.2, 0) is 11.3 Å². The summed E-state index contributed by atoms with van der Waals surface area (Å²) in [6, 6.07) is 9.80. The SMILES string of the molecule is CC(=O)N1CCN(Cc2nc(-c3cccc(-c4ccnc(C)n4)c3)no2)CC1. The van der Waals surface area contributed by atoms with E-state index in [1.165, 1.54) is 0 Å². The van der Waals surface area contributed by atoms with Gasteiger partial charge in [-0.25, -0.2) is 9.97 Å². The zero-order valence-electron chi connectivity index (χ0n) is 16.0. The van der Waals surface area contributed by atoms with Gasteiger partial charge in [0.15, 0.2) is 0 Å². The molecular weight excluding hydrogens is 356 g/mol. The summed E-state index contributed by atoms with van der Waals surface area (Å²) in [6.45, 7) is 7.14. The monoisotopic (exact) mass is 378 g/mol. The fourth-order valence-electron chi connectivity index (χ4n) is 3.28. The van der Waals surface area contributed by atoms with E-state index in [4.69, 9.17) is 4.52 Å². The topological polar surface area (TPSA) is 88.3 Å². The third-order valence-electron chi connectivity index (χ3n) is 4.84. The second-order valence-corrected chi connectivity index (χ2v) is 6.86. The second-order valence-electron chi connectivity index (χ2n) is 6.86. The number of hydrogen-bond donors (Lipinski definition) is 0. The van der Waals surface area contributed by atoms with Crippen LogP contribution in [0.5, 0.6) is 0 Å². The molecule has 1 fully saturated rings. The molecule has 1 amide bonds. The molecule has 1 saturated heterocycles. The maximum absolute atomic E-state index is 11.4. The van der Waals surface area contributed by atoms with Crippen molar-refractivity contribution in [1.82, 2.24) is 29.9 Å². The Balaban J connectivity index is 1.46. The Morgan fingerprint density at radius 2 is 1.89 bits per heavy atom. The van der Waals surface area contributed by atoms with Crippen molar-refractivity contribution in [2.75, 3.05) is 26.2 Å². The first kappa shape index (κ1) is 18.2. The van der Waals surface area contributed by atoms with E-state index >= 15 is 0 Å². The average molecular weight is 378 g/mol. The molecule has 0 bridgehead atoms. The van der Waals surface area contributed by atoms with Gasteiger partial charge in [0.2, 0.25) is 17.6 Å². The molecule has 2 aromatic heterocycles. The summed E-state index contributed by atoms with van der Waals surface area (Å²) in [4.78, 5) is 28.7. The van der Waals surface area contributed by atoms with Gasteiger partial charge in [-0.1, -0.05) is 23.4 Å². The number of aromatic nitrogens is 4. The number of aryl methyl sites for hydroxylation is 1. The molecule has 0 N–H and O–H groups in total. The second kappa shape index (κ2) is 7.85. The largest absolute Gasteiger partial charge is 0.340 e. The normalized spacial score (nSPS) is 15.0. The molecule has 1 aliphatic heterocycles. The number of benzene rings is 1. The van der Waals surface area contributed by atoms with E-state index in [-0.39, 0.29) is 5.91 Å². The first-order valence-electron chi connectivity index (χ1n) is 9.29. The number of carbonyl (C=O) groups is 1.